The number of carbonyl (C=O) groups is 2. The Bertz CT molecular complexity index is 298. The number of rotatable bonds is 8. The summed E-state index contributed by atoms with van der Waals surface area (Å²) in [5.74, 6) is 0.795. The van der Waals surface area contributed by atoms with Crippen molar-refractivity contribution in [2.75, 3.05) is 19.7 Å². The topological polar surface area (TPSA) is 46.6 Å². The third kappa shape index (κ3) is 5.62. The average molecular weight is 269 g/mol. The minimum Gasteiger partial charge on any atom is -0.466 e. The van der Waals surface area contributed by atoms with Gasteiger partial charge in [0, 0.05) is 19.0 Å². The van der Waals surface area contributed by atoms with Gasteiger partial charge in [-0.1, -0.05) is 20.3 Å². The van der Waals surface area contributed by atoms with Crippen molar-refractivity contribution in [3.8, 4) is 0 Å². The second-order valence-corrected chi connectivity index (χ2v) is 5.69. The molecule has 0 unspecified atom stereocenters. The highest BCUT2D eigenvalue weighted by Crippen LogP contribution is 2.28. The second kappa shape index (κ2) is 8.18. The molecule has 0 N–H and O–H groups in total. The molecule has 19 heavy (non-hydrogen) atoms. The zero-order chi connectivity index (χ0) is 14.3. The van der Waals surface area contributed by atoms with Gasteiger partial charge in [0.05, 0.1) is 13.0 Å². The molecule has 1 aliphatic carbocycles. The Morgan fingerprint density at radius 2 is 1.95 bits per heavy atom. The van der Waals surface area contributed by atoms with Gasteiger partial charge in [0.25, 0.3) is 0 Å². The molecule has 0 aromatic heterocycles. The van der Waals surface area contributed by atoms with E-state index >= 15 is 0 Å². The SMILES string of the molecule is CCOC(=O)CCN(CCC(C)C)C(=O)C1CCC1. The summed E-state index contributed by atoms with van der Waals surface area (Å²) in [7, 11) is 0. The fourth-order valence-corrected chi connectivity index (χ4v) is 2.12. The number of ether oxygens (including phenoxy) is 1. The van der Waals surface area contributed by atoms with Gasteiger partial charge >= 0.3 is 5.97 Å². The fraction of sp³-hybridized carbons (Fsp3) is 0.867. The number of hydrogen-bond acceptors (Lipinski definition) is 3. The van der Waals surface area contributed by atoms with Crippen molar-refractivity contribution in [1.82, 2.24) is 4.90 Å². The van der Waals surface area contributed by atoms with Crippen LogP contribution in [0.1, 0.15) is 52.9 Å². The molecule has 4 nitrogen and oxygen atoms in total. The van der Waals surface area contributed by atoms with Crippen molar-refractivity contribution < 1.29 is 14.3 Å². The molecule has 0 bridgehead atoms. The molecule has 0 aliphatic heterocycles. The Morgan fingerprint density at radius 1 is 1.26 bits per heavy atom. The maximum atomic E-state index is 12.3. The first-order chi connectivity index (χ1) is 9.04. The van der Waals surface area contributed by atoms with Gasteiger partial charge in [0.1, 0.15) is 0 Å². The molecule has 0 aromatic carbocycles. The number of carbonyl (C=O) groups excluding carboxylic acids is 2. The minimum absolute atomic E-state index is 0.203. The van der Waals surface area contributed by atoms with Gasteiger partial charge in [-0.05, 0) is 32.1 Å². The fourth-order valence-electron chi connectivity index (χ4n) is 2.12. The molecule has 0 heterocycles. The van der Waals surface area contributed by atoms with Crippen molar-refractivity contribution in [3.05, 3.63) is 0 Å². The third-order valence-electron chi connectivity index (χ3n) is 3.63. The van der Waals surface area contributed by atoms with Gasteiger partial charge in [-0.15, -0.1) is 0 Å². The maximum Gasteiger partial charge on any atom is 0.307 e. The Balaban J connectivity index is 2.43. The van der Waals surface area contributed by atoms with Gasteiger partial charge in [-0.25, -0.2) is 0 Å². The summed E-state index contributed by atoms with van der Waals surface area (Å²) < 4.78 is 4.92. The van der Waals surface area contributed by atoms with Crippen molar-refractivity contribution >= 4 is 11.9 Å². The summed E-state index contributed by atoms with van der Waals surface area (Å²) in [5, 5.41) is 0. The molecule has 1 amide bonds. The molecule has 1 fully saturated rings. The van der Waals surface area contributed by atoms with Crippen molar-refractivity contribution in [2.24, 2.45) is 11.8 Å². The van der Waals surface area contributed by atoms with E-state index in [1.807, 2.05) is 4.90 Å². The Morgan fingerprint density at radius 3 is 2.42 bits per heavy atom. The summed E-state index contributed by atoms with van der Waals surface area (Å²) in [5.41, 5.74) is 0. The smallest absolute Gasteiger partial charge is 0.307 e. The van der Waals surface area contributed by atoms with E-state index in [0.29, 0.717) is 25.5 Å². The molecule has 0 spiro atoms. The van der Waals surface area contributed by atoms with Crippen LogP contribution in [0.25, 0.3) is 0 Å². The molecule has 0 radical (unpaired) electrons. The monoisotopic (exact) mass is 269 g/mol. The van der Waals surface area contributed by atoms with Gasteiger partial charge in [0.15, 0.2) is 0 Å². The maximum absolute atomic E-state index is 12.3. The lowest BCUT2D eigenvalue weighted by Gasteiger charge is -2.32. The number of hydrogen-bond donors (Lipinski definition) is 0. The highest BCUT2D eigenvalue weighted by Gasteiger charge is 2.29. The van der Waals surface area contributed by atoms with Gasteiger partial charge in [0.2, 0.25) is 5.91 Å². The van der Waals surface area contributed by atoms with Crippen molar-refractivity contribution in [1.29, 1.82) is 0 Å². The van der Waals surface area contributed by atoms with Gasteiger partial charge in [-0.3, -0.25) is 9.59 Å². The summed E-state index contributed by atoms with van der Waals surface area (Å²) in [4.78, 5) is 25.5. The van der Waals surface area contributed by atoms with E-state index in [1.54, 1.807) is 6.92 Å². The van der Waals surface area contributed by atoms with E-state index in [9.17, 15) is 9.59 Å². The quantitative estimate of drug-likeness (QED) is 0.636. The highest BCUT2D eigenvalue weighted by molar-refractivity contribution is 5.80. The van der Waals surface area contributed by atoms with E-state index in [1.165, 1.54) is 0 Å². The van der Waals surface area contributed by atoms with E-state index in [-0.39, 0.29) is 17.8 Å². The van der Waals surface area contributed by atoms with Crippen LogP contribution in [0.5, 0.6) is 0 Å². The molecule has 1 saturated carbocycles. The lowest BCUT2D eigenvalue weighted by atomic mass is 9.84. The molecule has 1 aliphatic rings. The second-order valence-electron chi connectivity index (χ2n) is 5.69. The third-order valence-corrected chi connectivity index (χ3v) is 3.63. The Kier molecular flexibility index (Phi) is 6.89. The summed E-state index contributed by atoms with van der Waals surface area (Å²) >= 11 is 0. The summed E-state index contributed by atoms with van der Waals surface area (Å²) in [6.45, 7) is 7.76. The van der Waals surface area contributed by atoms with E-state index in [4.69, 9.17) is 4.74 Å². The molecule has 0 aromatic rings. The normalized spacial score (nSPS) is 15.2. The Labute approximate surface area is 116 Å². The predicted octanol–water partition coefficient (Wildman–Crippen LogP) is 2.61. The zero-order valence-electron chi connectivity index (χ0n) is 12.5. The van der Waals surface area contributed by atoms with Crippen molar-refractivity contribution in [2.45, 2.75) is 52.9 Å². The molecule has 110 valence electrons. The molecule has 1 rings (SSSR count). The lowest BCUT2D eigenvalue weighted by molar-refractivity contribution is -0.145. The van der Waals surface area contributed by atoms with Crippen LogP contribution in [-0.4, -0.2) is 36.5 Å². The Hall–Kier alpha value is -1.06. The first-order valence-corrected chi connectivity index (χ1v) is 7.49. The molecular formula is C15H27NO3. The van der Waals surface area contributed by atoms with Gasteiger partial charge in [-0.2, -0.15) is 0 Å². The number of esters is 1. The van der Waals surface area contributed by atoms with Crippen LogP contribution in [0.4, 0.5) is 0 Å². The molecular weight excluding hydrogens is 242 g/mol. The van der Waals surface area contributed by atoms with Gasteiger partial charge < -0.3 is 9.64 Å². The van der Waals surface area contributed by atoms with Crippen LogP contribution >= 0.6 is 0 Å². The van der Waals surface area contributed by atoms with E-state index in [2.05, 4.69) is 13.8 Å². The largest absolute Gasteiger partial charge is 0.466 e. The van der Waals surface area contributed by atoms with Crippen LogP contribution in [0.15, 0.2) is 0 Å². The van der Waals surface area contributed by atoms with Crippen LogP contribution < -0.4 is 0 Å². The number of nitrogens with zero attached hydrogens (tertiary/aromatic N) is 1. The predicted molar refractivity (Wildman–Crippen MR) is 74.6 cm³/mol. The minimum atomic E-state index is -0.210. The first kappa shape index (κ1) is 16.0. The molecule has 0 saturated heterocycles. The van der Waals surface area contributed by atoms with E-state index in [0.717, 1.165) is 32.2 Å². The lowest BCUT2D eigenvalue weighted by Crippen LogP contribution is -2.41. The van der Waals surface area contributed by atoms with Crippen LogP contribution in [0, 0.1) is 11.8 Å². The van der Waals surface area contributed by atoms with Crippen LogP contribution in [0.3, 0.4) is 0 Å². The van der Waals surface area contributed by atoms with Crippen molar-refractivity contribution in [3.63, 3.8) is 0 Å². The average Bonchev–Trinajstić information content (AvgIpc) is 2.26. The number of amides is 1. The zero-order valence-corrected chi connectivity index (χ0v) is 12.5. The molecule has 0 atom stereocenters. The first-order valence-electron chi connectivity index (χ1n) is 7.49. The van der Waals surface area contributed by atoms with Crippen LogP contribution in [-0.2, 0) is 14.3 Å². The summed E-state index contributed by atoms with van der Waals surface area (Å²) in [6.07, 6.45) is 4.48. The van der Waals surface area contributed by atoms with E-state index < -0.39 is 0 Å². The summed E-state index contributed by atoms with van der Waals surface area (Å²) in [6, 6.07) is 0. The standard InChI is InChI=1S/C15H27NO3/c1-4-19-14(17)9-11-16(10-8-12(2)3)15(18)13-6-5-7-13/h12-13H,4-11H2,1-3H3. The van der Waals surface area contributed by atoms with Crippen LogP contribution in [0.2, 0.25) is 0 Å². The highest BCUT2D eigenvalue weighted by atomic mass is 16.5. The molecule has 4 heteroatoms.